The zero-order chi connectivity index (χ0) is 12.1. The van der Waals surface area contributed by atoms with Crippen LogP contribution < -0.4 is 49.4 Å². The normalized spacial score (nSPS) is 9.37. The molecule has 1 aromatic heterocycles. The molecule has 0 saturated carbocycles. The Labute approximate surface area is 138 Å². The summed E-state index contributed by atoms with van der Waals surface area (Å²) in [5, 5.41) is 3.46. The summed E-state index contributed by atoms with van der Waals surface area (Å²) < 4.78 is 5.22. The van der Waals surface area contributed by atoms with E-state index in [0.717, 1.165) is 25.1 Å². The van der Waals surface area contributed by atoms with E-state index in [4.69, 9.17) is 4.74 Å². The highest BCUT2D eigenvalue weighted by molar-refractivity contribution is 7.09. The second-order valence-electron chi connectivity index (χ2n) is 3.94. The number of H-pyrrole nitrogens is 1. The lowest BCUT2D eigenvalue weighted by Gasteiger charge is -2.00. The molecular weight excluding hydrogens is 392 g/mol. The van der Waals surface area contributed by atoms with Gasteiger partial charge in [-0.3, -0.25) is 0 Å². The van der Waals surface area contributed by atoms with Gasteiger partial charge in [-0.15, -0.1) is 0 Å². The zero-order valence-corrected chi connectivity index (χ0v) is 14.8. The van der Waals surface area contributed by atoms with Gasteiger partial charge in [0, 0.05) is 0 Å². The molecule has 0 aliphatic rings. The molecule has 2 aromatic rings. The van der Waals surface area contributed by atoms with Crippen molar-refractivity contribution in [3.63, 3.8) is 0 Å². The van der Waals surface area contributed by atoms with Gasteiger partial charge in [-0.25, -0.2) is 4.98 Å². The fourth-order valence-electron chi connectivity index (χ4n) is 1.75. The first kappa shape index (κ1) is 18.6. The zero-order valence-electron chi connectivity index (χ0n) is 10.8. The van der Waals surface area contributed by atoms with Gasteiger partial charge in [-0.05, 0) is 17.7 Å². The van der Waals surface area contributed by atoms with Crippen molar-refractivity contribution in [1.82, 2.24) is 0 Å². The minimum absolute atomic E-state index is 0. The number of quaternary nitrogens is 1. The summed E-state index contributed by atoms with van der Waals surface area (Å²) in [5.41, 5.74) is 6.41. The minimum atomic E-state index is 0. The predicted molar refractivity (Wildman–Crippen MR) is 68.1 cm³/mol. The molecule has 0 spiro atoms. The third-order valence-electron chi connectivity index (χ3n) is 2.59. The van der Waals surface area contributed by atoms with Crippen LogP contribution in [0.2, 0.25) is 0 Å². The molecule has 0 saturated heterocycles. The maximum atomic E-state index is 5.22. The Hall–Kier alpha value is -0.430. The topological polar surface area (TPSA) is 51.0 Å². The smallest absolute Gasteiger partial charge is 0.240 e. The van der Waals surface area contributed by atoms with E-state index in [1.165, 1.54) is 16.3 Å². The summed E-state index contributed by atoms with van der Waals surface area (Å²) in [6.07, 6.45) is 1.95. The molecule has 4 N–H and O–H groups in total. The third kappa shape index (κ3) is 5.60. The van der Waals surface area contributed by atoms with Crippen LogP contribution in [0.15, 0.2) is 29.6 Å². The number of halogens is 2. The number of hydrogen-bond donors (Lipinski definition) is 1. The largest absolute Gasteiger partial charge is 1.00 e. The molecule has 106 valence electrons. The molecule has 1 heterocycles. The fourth-order valence-corrected chi connectivity index (χ4v) is 2.65. The van der Waals surface area contributed by atoms with Crippen molar-refractivity contribution in [2.45, 2.75) is 12.8 Å². The number of methoxy groups -OCH3 is 1. The van der Waals surface area contributed by atoms with Crippen LogP contribution in [0.1, 0.15) is 16.3 Å². The van der Waals surface area contributed by atoms with Crippen LogP contribution in [0.4, 0.5) is 0 Å². The van der Waals surface area contributed by atoms with E-state index in [1.54, 1.807) is 18.4 Å². The van der Waals surface area contributed by atoms with Crippen LogP contribution in [-0.4, -0.2) is 13.7 Å². The van der Waals surface area contributed by atoms with Crippen molar-refractivity contribution in [2.24, 2.45) is 0 Å². The average Bonchev–Trinajstić information content (AvgIpc) is 2.77. The van der Waals surface area contributed by atoms with Gasteiger partial charge in [0.1, 0.15) is 5.75 Å². The number of aromatic amines is 1. The number of rotatable bonds is 5. The van der Waals surface area contributed by atoms with E-state index in [1.807, 2.05) is 12.1 Å². The highest BCUT2D eigenvalue weighted by Crippen LogP contribution is 2.16. The molecule has 0 bridgehead atoms. The summed E-state index contributed by atoms with van der Waals surface area (Å²) in [5.74, 6) is 0.914. The third-order valence-corrected chi connectivity index (χ3v) is 3.52. The highest BCUT2D eigenvalue weighted by atomic mass is 79.9. The molecule has 19 heavy (non-hydrogen) atoms. The van der Waals surface area contributed by atoms with Crippen molar-refractivity contribution in [1.29, 1.82) is 0 Å². The van der Waals surface area contributed by atoms with Crippen LogP contribution in [0.5, 0.6) is 5.75 Å². The summed E-state index contributed by atoms with van der Waals surface area (Å²) >= 11 is 1.77. The van der Waals surface area contributed by atoms with Crippen LogP contribution >= 0.6 is 11.3 Å². The van der Waals surface area contributed by atoms with Crippen molar-refractivity contribution < 1.29 is 49.4 Å². The van der Waals surface area contributed by atoms with Crippen LogP contribution in [-0.2, 0) is 12.8 Å². The Kier molecular flexibility index (Phi) is 9.26. The molecule has 0 unspecified atom stereocenters. The van der Waals surface area contributed by atoms with Crippen molar-refractivity contribution in [3.05, 3.63) is 45.9 Å². The van der Waals surface area contributed by atoms with Gasteiger partial charge in [-0.2, -0.15) is 0 Å². The maximum absolute atomic E-state index is 5.22. The van der Waals surface area contributed by atoms with E-state index in [0.29, 0.717) is 0 Å². The summed E-state index contributed by atoms with van der Waals surface area (Å²) in [6, 6.07) is 8.19. The highest BCUT2D eigenvalue weighted by Gasteiger charge is 2.10. The van der Waals surface area contributed by atoms with Gasteiger partial charge in [0.15, 0.2) is 5.69 Å². The standard InChI is InChI=1S/C13H16N2OS.2BrH/c1-16-12-4-2-3-10(7-12)8-13-15-11(5-6-14)9-17-13;;/h2-4,7,9H,5-6,8,14H2,1H3;2*1H. The Morgan fingerprint density at radius 2 is 2.11 bits per heavy atom. The van der Waals surface area contributed by atoms with Gasteiger partial charge in [-0.1, -0.05) is 23.5 Å². The van der Waals surface area contributed by atoms with Crippen LogP contribution in [0.25, 0.3) is 0 Å². The number of ether oxygens (including phenoxy) is 1. The molecule has 0 atom stereocenters. The first-order valence-corrected chi connectivity index (χ1v) is 6.60. The molecule has 0 aliphatic carbocycles. The lowest BCUT2D eigenvalue weighted by atomic mass is 10.1. The summed E-state index contributed by atoms with van der Waals surface area (Å²) in [4.78, 5) is 3.44. The molecule has 1 aromatic carbocycles. The minimum Gasteiger partial charge on any atom is -1.00 e. The second kappa shape index (κ2) is 9.47. The van der Waals surface area contributed by atoms with Gasteiger partial charge < -0.3 is 44.4 Å². The number of hydrogen-bond acceptors (Lipinski definition) is 2. The van der Waals surface area contributed by atoms with Crippen molar-refractivity contribution in [2.75, 3.05) is 13.7 Å². The van der Waals surface area contributed by atoms with Crippen LogP contribution in [0.3, 0.4) is 0 Å². The number of benzene rings is 1. The predicted octanol–water partition coefficient (Wildman–Crippen LogP) is -5.05. The average molecular weight is 410 g/mol. The molecule has 3 nitrogen and oxygen atoms in total. The van der Waals surface area contributed by atoms with E-state index < -0.39 is 0 Å². The van der Waals surface area contributed by atoms with Gasteiger partial charge in [0.05, 0.1) is 31.9 Å². The maximum Gasteiger partial charge on any atom is 0.240 e. The SMILES string of the molecule is COc1cccc(Cc2[nH+]c(CC[NH3+])cs2)c1.[Br-].[Br-]. The molecule has 2 rings (SSSR count). The van der Waals surface area contributed by atoms with Crippen molar-refractivity contribution >= 4 is 11.3 Å². The van der Waals surface area contributed by atoms with Gasteiger partial charge in [0.2, 0.25) is 5.01 Å². The number of nitrogens with one attached hydrogen (secondary N) is 1. The number of aromatic nitrogens is 1. The lowest BCUT2D eigenvalue weighted by Crippen LogP contribution is -3.00. The van der Waals surface area contributed by atoms with Gasteiger partial charge >= 0.3 is 0 Å². The van der Waals surface area contributed by atoms with Crippen molar-refractivity contribution in [3.8, 4) is 5.75 Å². The lowest BCUT2D eigenvalue weighted by molar-refractivity contribution is -0.408. The van der Waals surface area contributed by atoms with Crippen LogP contribution in [0, 0.1) is 0 Å². The Morgan fingerprint density at radius 1 is 1.32 bits per heavy atom. The Balaban J connectivity index is 0.00000162. The second-order valence-corrected chi connectivity index (χ2v) is 4.91. The summed E-state index contributed by atoms with van der Waals surface area (Å²) in [6.45, 7) is 0.936. The van der Waals surface area contributed by atoms with E-state index >= 15 is 0 Å². The molecule has 0 radical (unpaired) electrons. The first-order valence-electron chi connectivity index (χ1n) is 5.72. The molecule has 6 heteroatoms. The summed E-state index contributed by atoms with van der Waals surface area (Å²) in [7, 11) is 1.70. The van der Waals surface area contributed by atoms with Gasteiger partial charge in [0.25, 0.3) is 0 Å². The number of thiazole rings is 1. The monoisotopic (exact) mass is 408 g/mol. The van der Waals surface area contributed by atoms with E-state index in [-0.39, 0.29) is 34.0 Å². The fraction of sp³-hybridized carbons (Fsp3) is 0.308. The quantitative estimate of drug-likeness (QED) is 0.528. The Morgan fingerprint density at radius 3 is 2.79 bits per heavy atom. The molecule has 0 amide bonds. The van der Waals surface area contributed by atoms with E-state index in [2.05, 4.69) is 28.2 Å². The first-order chi connectivity index (χ1) is 8.31. The molecule has 0 aliphatic heterocycles. The van der Waals surface area contributed by atoms with E-state index in [9.17, 15) is 0 Å². The molecule has 0 fully saturated rings. The molecular formula is C13H18Br2N2OS. The Bertz CT molecular complexity index is 491.